The van der Waals surface area contributed by atoms with E-state index >= 15 is 0 Å². The first-order valence-corrected chi connectivity index (χ1v) is 6.27. The molecule has 4 heteroatoms. The van der Waals surface area contributed by atoms with Gasteiger partial charge in [-0.1, -0.05) is 6.92 Å². The first-order valence-electron chi connectivity index (χ1n) is 6.27. The molecule has 0 aromatic carbocycles. The molecule has 94 valence electrons. The van der Waals surface area contributed by atoms with Crippen molar-refractivity contribution in [3.63, 3.8) is 0 Å². The normalized spacial score (nSPS) is 17.1. The largest absolute Gasteiger partial charge is 0.381 e. The Balaban J connectivity index is 2.02. The summed E-state index contributed by atoms with van der Waals surface area (Å²) in [6.45, 7) is 4.84. The molecule has 1 aliphatic rings. The van der Waals surface area contributed by atoms with Gasteiger partial charge < -0.3 is 15.8 Å². The molecule has 0 aromatic rings. The van der Waals surface area contributed by atoms with Crippen LogP contribution in [0.2, 0.25) is 0 Å². The zero-order chi connectivity index (χ0) is 11.9. The number of carbonyl (C=O) groups excluding carboxylic acids is 1. The Kier molecular flexibility index (Phi) is 5.77. The first kappa shape index (κ1) is 13.5. The van der Waals surface area contributed by atoms with Crippen molar-refractivity contribution in [2.75, 3.05) is 26.3 Å². The van der Waals surface area contributed by atoms with Gasteiger partial charge in [0.05, 0.1) is 6.61 Å². The van der Waals surface area contributed by atoms with Gasteiger partial charge >= 0.3 is 0 Å². The second-order valence-corrected chi connectivity index (χ2v) is 4.68. The summed E-state index contributed by atoms with van der Waals surface area (Å²) in [6.07, 6.45) is 4.91. The number of nitrogens with two attached hydrogens (primary N) is 1. The molecule has 0 atom stereocenters. The molecule has 16 heavy (non-hydrogen) atoms. The van der Waals surface area contributed by atoms with Crippen LogP contribution < -0.4 is 11.1 Å². The monoisotopic (exact) mass is 228 g/mol. The Morgan fingerprint density at radius 2 is 2.19 bits per heavy atom. The molecule has 0 heterocycles. The fraction of sp³-hybridized carbons (Fsp3) is 0.917. The highest BCUT2D eigenvalue weighted by Gasteiger charge is 2.41. The van der Waals surface area contributed by atoms with E-state index in [2.05, 4.69) is 12.2 Å². The molecular weight excluding hydrogens is 204 g/mol. The second-order valence-electron chi connectivity index (χ2n) is 4.68. The van der Waals surface area contributed by atoms with E-state index in [9.17, 15) is 4.79 Å². The Labute approximate surface area is 97.9 Å². The maximum Gasteiger partial charge on any atom is 0.222 e. The summed E-state index contributed by atoms with van der Waals surface area (Å²) in [4.78, 5) is 11.5. The lowest BCUT2D eigenvalue weighted by Gasteiger charge is -2.14. The van der Waals surface area contributed by atoms with Gasteiger partial charge in [0.1, 0.15) is 0 Å². The lowest BCUT2D eigenvalue weighted by molar-refractivity contribution is -0.122. The second kappa shape index (κ2) is 6.86. The van der Waals surface area contributed by atoms with Gasteiger partial charge in [0, 0.05) is 19.6 Å². The van der Waals surface area contributed by atoms with Crippen molar-refractivity contribution >= 4 is 5.91 Å². The molecule has 0 spiro atoms. The van der Waals surface area contributed by atoms with Gasteiger partial charge in [0.2, 0.25) is 5.91 Å². The number of amides is 1. The summed E-state index contributed by atoms with van der Waals surface area (Å²) in [5, 5.41) is 2.97. The average molecular weight is 228 g/mol. The molecule has 3 N–H and O–H groups in total. The zero-order valence-corrected chi connectivity index (χ0v) is 10.3. The summed E-state index contributed by atoms with van der Waals surface area (Å²) in [5.41, 5.74) is 5.87. The van der Waals surface area contributed by atoms with Gasteiger partial charge in [-0.05, 0) is 37.6 Å². The van der Waals surface area contributed by atoms with Gasteiger partial charge in [-0.15, -0.1) is 0 Å². The summed E-state index contributed by atoms with van der Waals surface area (Å²) < 4.78 is 5.27. The van der Waals surface area contributed by atoms with Crippen LogP contribution in [-0.2, 0) is 9.53 Å². The molecule has 0 aromatic heterocycles. The van der Waals surface area contributed by atoms with Crippen molar-refractivity contribution in [3.05, 3.63) is 0 Å². The van der Waals surface area contributed by atoms with Crippen molar-refractivity contribution in [1.82, 2.24) is 5.32 Å². The van der Waals surface area contributed by atoms with Crippen LogP contribution in [0, 0.1) is 5.41 Å². The zero-order valence-electron chi connectivity index (χ0n) is 10.3. The minimum absolute atomic E-state index is 0.0967. The van der Waals surface area contributed by atoms with Gasteiger partial charge in [0.15, 0.2) is 0 Å². The predicted octanol–water partition coefficient (Wildman–Crippen LogP) is 1.05. The number of nitrogens with one attached hydrogen (secondary N) is 1. The first-order chi connectivity index (χ1) is 7.72. The third kappa shape index (κ3) is 4.94. The van der Waals surface area contributed by atoms with Crippen molar-refractivity contribution in [3.8, 4) is 0 Å². The molecule has 1 rings (SSSR count). The van der Waals surface area contributed by atoms with E-state index in [1.54, 1.807) is 0 Å². The summed E-state index contributed by atoms with van der Waals surface area (Å²) >= 11 is 0. The lowest BCUT2D eigenvalue weighted by Crippen LogP contribution is -2.31. The van der Waals surface area contributed by atoms with E-state index in [1.165, 1.54) is 12.8 Å². The number of hydrogen-bond acceptors (Lipinski definition) is 3. The third-order valence-electron chi connectivity index (χ3n) is 3.11. The molecule has 1 amide bonds. The molecule has 4 nitrogen and oxygen atoms in total. The van der Waals surface area contributed by atoms with Gasteiger partial charge in [0.25, 0.3) is 0 Å². The van der Waals surface area contributed by atoms with Crippen molar-refractivity contribution < 1.29 is 9.53 Å². The van der Waals surface area contributed by atoms with E-state index in [0.29, 0.717) is 18.4 Å². The highest BCUT2D eigenvalue weighted by Crippen LogP contribution is 2.47. The number of rotatable bonds is 9. The Bertz CT molecular complexity index is 215. The Morgan fingerprint density at radius 1 is 1.44 bits per heavy atom. The van der Waals surface area contributed by atoms with Crippen molar-refractivity contribution in [2.45, 2.75) is 39.0 Å². The molecule has 0 aliphatic heterocycles. The Hall–Kier alpha value is -0.610. The van der Waals surface area contributed by atoms with Crippen LogP contribution in [0.3, 0.4) is 0 Å². The summed E-state index contributed by atoms with van der Waals surface area (Å²) in [5.74, 6) is 0.0967. The molecule has 1 aliphatic carbocycles. The maximum atomic E-state index is 11.5. The number of ether oxygens (including phenoxy) is 1. The molecule has 0 bridgehead atoms. The highest BCUT2D eigenvalue weighted by molar-refractivity contribution is 5.76. The van der Waals surface area contributed by atoms with Crippen molar-refractivity contribution in [2.24, 2.45) is 11.1 Å². The minimum atomic E-state index is 0.0967. The van der Waals surface area contributed by atoms with Crippen LogP contribution in [0.5, 0.6) is 0 Å². The van der Waals surface area contributed by atoms with Crippen LogP contribution in [-0.4, -0.2) is 32.2 Å². The minimum Gasteiger partial charge on any atom is -0.381 e. The van der Waals surface area contributed by atoms with E-state index < -0.39 is 0 Å². The average Bonchev–Trinajstić information content (AvgIpc) is 3.03. The fourth-order valence-corrected chi connectivity index (χ4v) is 1.78. The van der Waals surface area contributed by atoms with Crippen molar-refractivity contribution in [1.29, 1.82) is 0 Å². The topological polar surface area (TPSA) is 64.3 Å². The molecule has 0 radical (unpaired) electrons. The van der Waals surface area contributed by atoms with Crippen LogP contribution in [0.4, 0.5) is 0 Å². The number of hydrogen-bond donors (Lipinski definition) is 2. The summed E-state index contributed by atoms with van der Waals surface area (Å²) in [7, 11) is 0. The van der Waals surface area contributed by atoms with Crippen LogP contribution in [0.25, 0.3) is 0 Å². The molecule has 1 fully saturated rings. The van der Waals surface area contributed by atoms with E-state index in [4.69, 9.17) is 10.5 Å². The molecule has 1 saturated carbocycles. The quantitative estimate of drug-likeness (QED) is 0.580. The fourth-order valence-electron chi connectivity index (χ4n) is 1.78. The summed E-state index contributed by atoms with van der Waals surface area (Å²) in [6, 6.07) is 0. The van der Waals surface area contributed by atoms with E-state index in [1.807, 2.05) is 0 Å². The van der Waals surface area contributed by atoms with E-state index in [0.717, 1.165) is 32.5 Å². The maximum absolute atomic E-state index is 11.5. The molecule has 0 saturated heterocycles. The third-order valence-corrected chi connectivity index (χ3v) is 3.11. The highest BCUT2D eigenvalue weighted by atomic mass is 16.5. The van der Waals surface area contributed by atoms with Gasteiger partial charge in [-0.25, -0.2) is 0 Å². The standard InChI is InChI=1S/C12H24N2O2/c1-2-8-16-9-3-11(15)14-10-12(4-5-12)6-7-13/h2-10,13H2,1H3,(H,14,15). The van der Waals surface area contributed by atoms with Crippen LogP contribution >= 0.6 is 0 Å². The van der Waals surface area contributed by atoms with Gasteiger partial charge in [-0.2, -0.15) is 0 Å². The van der Waals surface area contributed by atoms with E-state index in [-0.39, 0.29) is 5.91 Å². The van der Waals surface area contributed by atoms with Gasteiger partial charge in [-0.3, -0.25) is 4.79 Å². The van der Waals surface area contributed by atoms with Crippen LogP contribution in [0.15, 0.2) is 0 Å². The van der Waals surface area contributed by atoms with Crippen LogP contribution in [0.1, 0.15) is 39.0 Å². The molecular formula is C12H24N2O2. The SMILES string of the molecule is CCCOCCC(=O)NCC1(CCN)CC1. The predicted molar refractivity (Wildman–Crippen MR) is 64.1 cm³/mol. The Morgan fingerprint density at radius 3 is 2.75 bits per heavy atom. The number of carbonyl (C=O) groups is 1. The smallest absolute Gasteiger partial charge is 0.222 e. The lowest BCUT2D eigenvalue weighted by atomic mass is 10.0. The molecule has 0 unspecified atom stereocenters.